The van der Waals surface area contributed by atoms with Crippen molar-refractivity contribution in [2.45, 2.75) is 26.2 Å². The molecule has 1 aromatic rings. The number of nitrogens with two attached hydrogens (primary N) is 1. The minimum atomic E-state index is -3.12. The summed E-state index contributed by atoms with van der Waals surface area (Å²) in [6, 6.07) is 4.57. The second kappa shape index (κ2) is 8.53. The van der Waals surface area contributed by atoms with Crippen molar-refractivity contribution in [2.24, 2.45) is 5.73 Å². The van der Waals surface area contributed by atoms with Crippen molar-refractivity contribution in [3.05, 3.63) is 23.8 Å². The van der Waals surface area contributed by atoms with Gasteiger partial charge in [-0.15, -0.1) is 0 Å². The number of halogens is 2. The Morgan fingerprint density at radius 3 is 2.59 bits per heavy atom. The zero-order valence-electron chi connectivity index (χ0n) is 12.8. The lowest BCUT2D eigenvalue weighted by molar-refractivity contribution is 0.0118. The summed E-state index contributed by atoms with van der Waals surface area (Å²) in [7, 11) is 0. The van der Waals surface area contributed by atoms with E-state index in [-0.39, 0.29) is 5.56 Å². The van der Waals surface area contributed by atoms with E-state index in [2.05, 4.69) is 5.32 Å². The molecule has 0 aliphatic rings. The van der Waals surface area contributed by atoms with Crippen LogP contribution in [0, 0.1) is 0 Å². The summed E-state index contributed by atoms with van der Waals surface area (Å²) in [6.07, 6.45) is 0.835. The highest BCUT2D eigenvalue weighted by atomic mass is 19.3. The molecule has 124 valence electrons. The second-order valence-electron chi connectivity index (χ2n) is 4.69. The molecule has 1 rings (SSSR count). The van der Waals surface area contributed by atoms with Crippen LogP contribution in [0.4, 0.5) is 8.78 Å². The molecule has 0 saturated carbocycles. The molecule has 0 spiro atoms. The molecule has 1 amide bonds. The van der Waals surface area contributed by atoms with Crippen LogP contribution >= 0.6 is 0 Å². The molecule has 1 aromatic carbocycles. The second-order valence-corrected chi connectivity index (χ2v) is 4.69. The van der Waals surface area contributed by atoms with Crippen molar-refractivity contribution in [1.82, 2.24) is 5.32 Å². The average Bonchev–Trinajstić information content (AvgIpc) is 2.51. The highest BCUT2D eigenvalue weighted by Crippen LogP contribution is 2.28. The number of rotatable bonds is 9. The van der Waals surface area contributed by atoms with Gasteiger partial charge in [0.25, 0.3) is 11.8 Å². The molecule has 7 heteroatoms. The van der Waals surface area contributed by atoms with Gasteiger partial charge in [0.05, 0.1) is 26.3 Å². The van der Waals surface area contributed by atoms with Crippen LogP contribution < -0.4 is 20.5 Å². The Labute approximate surface area is 128 Å². The minimum Gasteiger partial charge on any atom is -0.490 e. The van der Waals surface area contributed by atoms with Crippen molar-refractivity contribution in [1.29, 1.82) is 0 Å². The summed E-state index contributed by atoms with van der Waals surface area (Å²) in [5.74, 6) is -2.80. The first-order valence-corrected chi connectivity index (χ1v) is 7.19. The van der Waals surface area contributed by atoms with E-state index in [1.807, 2.05) is 6.92 Å². The van der Waals surface area contributed by atoms with Crippen molar-refractivity contribution >= 4 is 5.91 Å². The van der Waals surface area contributed by atoms with Crippen molar-refractivity contribution in [3.8, 4) is 11.5 Å². The molecular weight excluding hydrogens is 294 g/mol. The number of hydrogen-bond acceptors (Lipinski definition) is 4. The Morgan fingerprint density at radius 2 is 2.00 bits per heavy atom. The predicted molar refractivity (Wildman–Crippen MR) is 79.7 cm³/mol. The number of ether oxygens (including phenoxy) is 2. The van der Waals surface area contributed by atoms with Crippen LogP contribution in [0.5, 0.6) is 11.5 Å². The third-order valence-corrected chi connectivity index (χ3v) is 2.77. The van der Waals surface area contributed by atoms with Crippen molar-refractivity contribution < 1.29 is 23.0 Å². The number of carbonyl (C=O) groups excluding carboxylic acids is 1. The lowest BCUT2D eigenvalue weighted by Gasteiger charge is -2.16. The van der Waals surface area contributed by atoms with Crippen LogP contribution in [0.3, 0.4) is 0 Å². The molecule has 0 saturated heterocycles. The topological polar surface area (TPSA) is 73.6 Å². The van der Waals surface area contributed by atoms with Gasteiger partial charge >= 0.3 is 0 Å². The molecule has 0 aliphatic heterocycles. The summed E-state index contributed by atoms with van der Waals surface area (Å²) in [4.78, 5) is 11.9. The van der Waals surface area contributed by atoms with Gasteiger partial charge in [0, 0.05) is 5.56 Å². The molecule has 0 atom stereocenters. The van der Waals surface area contributed by atoms with Gasteiger partial charge in [0.1, 0.15) is 0 Å². The smallest absolute Gasteiger partial charge is 0.277 e. The van der Waals surface area contributed by atoms with Gasteiger partial charge in [-0.3, -0.25) is 4.79 Å². The third-order valence-electron chi connectivity index (χ3n) is 2.77. The van der Waals surface area contributed by atoms with E-state index in [1.54, 1.807) is 13.0 Å². The molecule has 0 bridgehead atoms. The Balaban J connectivity index is 2.82. The fourth-order valence-electron chi connectivity index (χ4n) is 1.63. The first-order valence-electron chi connectivity index (χ1n) is 7.19. The van der Waals surface area contributed by atoms with Gasteiger partial charge in [-0.2, -0.15) is 0 Å². The lowest BCUT2D eigenvalue weighted by atomic mass is 10.2. The van der Waals surface area contributed by atoms with E-state index in [0.29, 0.717) is 24.7 Å². The zero-order valence-corrected chi connectivity index (χ0v) is 12.8. The van der Waals surface area contributed by atoms with Gasteiger partial charge < -0.3 is 20.5 Å². The number of nitrogens with one attached hydrogen (secondary N) is 1. The molecule has 0 heterocycles. The van der Waals surface area contributed by atoms with Crippen LogP contribution in [-0.4, -0.2) is 38.1 Å². The molecule has 0 aliphatic carbocycles. The standard InChI is InChI=1S/C15H22F2N2O3/c1-3-7-22-12-6-5-11(8-13(12)21-4-2)14(20)19-10-15(16,17)9-18/h5-6,8H,3-4,7,9-10,18H2,1-2H3,(H,19,20). The van der Waals surface area contributed by atoms with E-state index in [1.165, 1.54) is 12.1 Å². The minimum absolute atomic E-state index is 0.222. The molecule has 3 N–H and O–H groups in total. The maximum atomic E-state index is 13.0. The molecule has 5 nitrogen and oxygen atoms in total. The lowest BCUT2D eigenvalue weighted by Crippen LogP contribution is -2.41. The normalized spacial score (nSPS) is 11.1. The van der Waals surface area contributed by atoms with Crippen LogP contribution in [0.2, 0.25) is 0 Å². The highest BCUT2D eigenvalue weighted by Gasteiger charge is 2.27. The molecular formula is C15H22F2N2O3. The quantitative estimate of drug-likeness (QED) is 0.732. The summed E-state index contributed by atoms with van der Waals surface area (Å²) in [5.41, 5.74) is 5.15. The fourth-order valence-corrected chi connectivity index (χ4v) is 1.63. The van der Waals surface area contributed by atoms with Gasteiger partial charge in [-0.05, 0) is 31.5 Å². The number of benzene rings is 1. The highest BCUT2D eigenvalue weighted by molar-refractivity contribution is 5.94. The first-order chi connectivity index (χ1) is 10.4. The Morgan fingerprint density at radius 1 is 1.27 bits per heavy atom. The van der Waals surface area contributed by atoms with Gasteiger partial charge in [-0.1, -0.05) is 6.92 Å². The summed E-state index contributed by atoms with van der Waals surface area (Å²) in [5, 5.41) is 2.16. The number of carbonyl (C=O) groups is 1. The number of amides is 1. The molecule has 22 heavy (non-hydrogen) atoms. The number of alkyl halides is 2. The van der Waals surface area contributed by atoms with Gasteiger partial charge in [0.15, 0.2) is 11.5 Å². The van der Waals surface area contributed by atoms with Gasteiger partial charge in [0.2, 0.25) is 0 Å². The van der Waals surface area contributed by atoms with Crippen LogP contribution in [-0.2, 0) is 0 Å². The predicted octanol–water partition coefficient (Wildman–Crippen LogP) is 2.20. The summed E-state index contributed by atoms with van der Waals surface area (Å²) < 4.78 is 37.0. The third kappa shape index (κ3) is 5.48. The van der Waals surface area contributed by atoms with E-state index in [0.717, 1.165) is 6.42 Å². The Bertz CT molecular complexity index is 496. The summed E-state index contributed by atoms with van der Waals surface area (Å²) in [6.45, 7) is 3.08. The molecule has 0 fully saturated rings. The maximum Gasteiger partial charge on any atom is 0.277 e. The average molecular weight is 316 g/mol. The van der Waals surface area contributed by atoms with E-state index in [9.17, 15) is 13.6 Å². The van der Waals surface area contributed by atoms with E-state index in [4.69, 9.17) is 15.2 Å². The Hall–Kier alpha value is -1.89. The summed E-state index contributed by atoms with van der Waals surface area (Å²) >= 11 is 0. The van der Waals surface area contributed by atoms with E-state index >= 15 is 0 Å². The van der Waals surface area contributed by atoms with Gasteiger partial charge in [-0.25, -0.2) is 8.78 Å². The van der Waals surface area contributed by atoms with Crippen molar-refractivity contribution in [3.63, 3.8) is 0 Å². The molecule has 0 radical (unpaired) electrons. The monoisotopic (exact) mass is 316 g/mol. The SMILES string of the molecule is CCCOc1ccc(C(=O)NCC(F)(F)CN)cc1OCC. The maximum absolute atomic E-state index is 13.0. The van der Waals surface area contributed by atoms with Crippen molar-refractivity contribution in [2.75, 3.05) is 26.3 Å². The molecule has 0 unspecified atom stereocenters. The van der Waals surface area contributed by atoms with Crippen LogP contribution in [0.1, 0.15) is 30.6 Å². The van der Waals surface area contributed by atoms with Crippen LogP contribution in [0.15, 0.2) is 18.2 Å². The Kier molecular flexibility index (Phi) is 7.04. The fraction of sp³-hybridized carbons (Fsp3) is 0.533. The molecule has 0 aromatic heterocycles. The first kappa shape index (κ1) is 18.2. The van der Waals surface area contributed by atoms with Crippen LogP contribution in [0.25, 0.3) is 0 Å². The van der Waals surface area contributed by atoms with E-state index < -0.39 is 24.9 Å². The number of hydrogen-bond donors (Lipinski definition) is 2. The zero-order chi connectivity index (χ0) is 16.6. The largest absolute Gasteiger partial charge is 0.490 e.